The minimum Gasteiger partial charge on any atom is -0.456 e. The molecule has 4 heteroatoms. The molecular formula is C14H18FNOS. The van der Waals surface area contributed by atoms with Crippen molar-refractivity contribution in [3.8, 4) is 0 Å². The van der Waals surface area contributed by atoms with Gasteiger partial charge < -0.3 is 10.2 Å². The summed E-state index contributed by atoms with van der Waals surface area (Å²) < 4.78 is 19.0. The second kappa shape index (κ2) is 5.76. The Morgan fingerprint density at radius 1 is 1.33 bits per heavy atom. The number of benzene rings is 1. The molecule has 0 aliphatic carbocycles. The van der Waals surface area contributed by atoms with E-state index in [4.69, 9.17) is 10.2 Å². The highest BCUT2D eigenvalue weighted by atomic mass is 32.2. The molecule has 0 aliphatic heterocycles. The topological polar surface area (TPSA) is 39.2 Å². The number of hydrogen-bond donors (Lipinski definition) is 1. The van der Waals surface area contributed by atoms with Crippen molar-refractivity contribution in [3.05, 3.63) is 35.8 Å². The second-order valence-corrected chi connectivity index (χ2v) is 5.92. The monoisotopic (exact) mass is 267 g/mol. The first-order valence-electron chi connectivity index (χ1n) is 6.09. The largest absolute Gasteiger partial charge is 0.456 e. The quantitative estimate of drug-likeness (QED) is 0.891. The third-order valence-corrected chi connectivity index (χ3v) is 4.13. The highest BCUT2D eigenvalue weighted by Gasteiger charge is 2.14. The van der Waals surface area contributed by atoms with Crippen molar-refractivity contribution in [2.75, 3.05) is 11.5 Å². The van der Waals surface area contributed by atoms with E-state index < -0.39 is 0 Å². The van der Waals surface area contributed by atoms with E-state index in [9.17, 15) is 4.39 Å². The number of rotatable bonds is 5. The first kappa shape index (κ1) is 13.4. The van der Waals surface area contributed by atoms with Crippen LogP contribution in [0.3, 0.4) is 0 Å². The van der Waals surface area contributed by atoms with Crippen molar-refractivity contribution in [2.24, 2.45) is 11.7 Å². The predicted molar refractivity (Wildman–Crippen MR) is 75.3 cm³/mol. The summed E-state index contributed by atoms with van der Waals surface area (Å²) in [6, 6.07) is 6.56. The maximum atomic E-state index is 13.5. The molecule has 2 aromatic rings. The average molecular weight is 267 g/mol. The summed E-state index contributed by atoms with van der Waals surface area (Å²) in [5.41, 5.74) is 6.36. The van der Waals surface area contributed by atoms with Crippen molar-refractivity contribution >= 4 is 22.7 Å². The lowest BCUT2D eigenvalue weighted by molar-refractivity contribution is 0.495. The lowest BCUT2D eigenvalue weighted by Crippen LogP contribution is -2.12. The zero-order valence-corrected chi connectivity index (χ0v) is 11.5. The molecule has 1 aromatic heterocycles. The Hall–Kier alpha value is -1.00. The zero-order valence-electron chi connectivity index (χ0n) is 10.7. The van der Waals surface area contributed by atoms with Crippen LogP contribution in [0.2, 0.25) is 0 Å². The van der Waals surface area contributed by atoms with Crippen molar-refractivity contribution in [1.82, 2.24) is 0 Å². The second-order valence-electron chi connectivity index (χ2n) is 4.84. The van der Waals surface area contributed by atoms with Gasteiger partial charge in [0.1, 0.15) is 5.76 Å². The summed E-state index contributed by atoms with van der Waals surface area (Å²) in [6.45, 7) is 4.35. The summed E-state index contributed by atoms with van der Waals surface area (Å²) >= 11 is 1.80. The molecule has 0 amide bonds. The number of thioether (sulfide) groups is 1. The molecule has 2 rings (SSSR count). The van der Waals surface area contributed by atoms with Gasteiger partial charge in [-0.25, -0.2) is 4.39 Å². The number of fused-ring (bicyclic) bond motifs is 1. The fraction of sp³-hybridized carbons (Fsp3) is 0.429. The molecule has 1 atom stereocenters. The summed E-state index contributed by atoms with van der Waals surface area (Å²) in [5.74, 6) is 2.84. The van der Waals surface area contributed by atoms with Gasteiger partial charge >= 0.3 is 0 Å². The van der Waals surface area contributed by atoms with E-state index in [-0.39, 0.29) is 11.9 Å². The first-order valence-corrected chi connectivity index (χ1v) is 7.24. The standard InChI is InChI=1S/C14H18FNOS/c1-9(2)7-18-8-12(16)13-6-10-4-3-5-11(15)14(10)17-13/h3-6,9,12H,7-8,16H2,1-2H3. The van der Waals surface area contributed by atoms with Crippen LogP contribution in [0.4, 0.5) is 4.39 Å². The molecule has 18 heavy (non-hydrogen) atoms. The number of halogens is 1. The Balaban J connectivity index is 2.08. The highest BCUT2D eigenvalue weighted by molar-refractivity contribution is 7.99. The zero-order chi connectivity index (χ0) is 13.1. The smallest absolute Gasteiger partial charge is 0.169 e. The molecule has 0 saturated carbocycles. The molecule has 0 aliphatic rings. The van der Waals surface area contributed by atoms with E-state index in [2.05, 4.69) is 13.8 Å². The fourth-order valence-electron chi connectivity index (χ4n) is 1.74. The Morgan fingerprint density at radius 2 is 2.11 bits per heavy atom. The predicted octanol–water partition coefficient (Wildman–Crippen LogP) is 3.96. The van der Waals surface area contributed by atoms with Crippen LogP contribution in [0.5, 0.6) is 0 Å². The third-order valence-electron chi connectivity index (χ3n) is 2.63. The number of nitrogens with two attached hydrogens (primary N) is 1. The number of para-hydroxylation sites is 1. The molecule has 2 N–H and O–H groups in total. The van der Waals surface area contributed by atoms with Crippen LogP contribution in [0.25, 0.3) is 11.0 Å². The van der Waals surface area contributed by atoms with Crippen LogP contribution >= 0.6 is 11.8 Å². The molecule has 98 valence electrons. The van der Waals surface area contributed by atoms with Gasteiger partial charge in [0.15, 0.2) is 11.4 Å². The lowest BCUT2D eigenvalue weighted by atomic mass is 10.2. The van der Waals surface area contributed by atoms with E-state index >= 15 is 0 Å². The normalized spacial score (nSPS) is 13.4. The molecule has 1 heterocycles. The SMILES string of the molecule is CC(C)CSCC(N)c1cc2cccc(F)c2o1. The molecular weight excluding hydrogens is 249 g/mol. The Kier molecular flexibility index (Phi) is 4.30. The minimum absolute atomic E-state index is 0.180. The van der Waals surface area contributed by atoms with E-state index in [1.165, 1.54) is 6.07 Å². The van der Waals surface area contributed by atoms with Crippen molar-refractivity contribution in [1.29, 1.82) is 0 Å². The minimum atomic E-state index is -0.333. The Morgan fingerprint density at radius 3 is 2.78 bits per heavy atom. The van der Waals surface area contributed by atoms with E-state index in [0.717, 1.165) is 16.9 Å². The molecule has 1 unspecified atom stereocenters. The Labute approximate surface area is 111 Å². The maximum absolute atomic E-state index is 13.5. The van der Waals surface area contributed by atoms with Gasteiger partial charge in [0.05, 0.1) is 6.04 Å². The summed E-state index contributed by atoms with van der Waals surface area (Å²) in [6.07, 6.45) is 0. The van der Waals surface area contributed by atoms with Crippen molar-refractivity contribution in [2.45, 2.75) is 19.9 Å². The molecule has 0 fully saturated rings. The van der Waals surface area contributed by atoms with Gasteiger partial charge in [0, 0.05) is 11.1 Å². The lowest BCUT2D eigenvalue weighted by Gasteiger charge is -2.09. The summed E-state index contributed by atoms with van der Waals surface area (Å²) in [5, 5.41) is 0.773. The molecule has 0 spiro atoms. The van der Waals surface area contributed by atoms with Crippen LogP contribution in [0.15, 0.2) is 28.7 Å². The molecule has 0 saturated heterocycles. The molecule has 1 aromatic carbocycles. The van der Waals surface area contributed by atoms with Crippen LogP contribution in [-0.4, -0.2) is 11.5 Å². The first-order chi connectivity index (χ1) is 8.58. The fourth-order valence-corrected chi connectivity index (χ4v) is 2.77. The maximum Gasteiger partial charge on any atom is 0.169 e. The number of furan rings is 1. The Bertz CT molecular complexity index is 523. The number of hydrogen-bond acceptors (Lipinski definition) is 3. The summed E-state index contributed by atoms with van der Waals surface area (Å²) in [7, 11) is 0. The average Bonchev–Trinajstić information content (AvgIpc) is 2.74. The van der Waals surface area contributed by atoms with E-state index in [1.54, 1.807) is 17.8 Å². The van der Waals surface area contributed by atoms with Gasteiger partial charge in [-0.15, -0.1) is 0 Å². The van der Waals surface area contributed by atoms with Crippen molar-refractivity contribution in [3.63, 3.8) is 0 Å². The van der Waals surface area contributed by atoms with Crippen LogP contribution in [0, 0.1) is 11.7 Å². The van der Waals surface area contributed by atoms with Gasteiger partial charge in [-0.2, -0.15) is 11.8 Å². The van der Waals surface area contributed by atoms with Gasteiger partial charge in [0.25, 0.3) is 0 Å². The molecule has 0 radical (unpaired) electrons. The third kappa shape index (κ3) is 3.06. The van der Waals surface area contributed by atoms with Crippen molar-refractivity contribution < 1.29 is 8.81 Å². The molecule has 2 nitrogen and oxygen atoms in total. The van der Waals surface area contributed by atoms with Crippen LogP contribution < -0.4 is 5.73 Å². The summed E-state index contributed by atoms with van der Waals surface area (Å²) in [4.78, 5) is 0. The van der Waals surface area contributed by atoms with Gasteiger partial charge in [-0.3, -0.25) is 0 Å². The van der Waals surface area contributed by atoms with E-state index in [0.29, 0.717) is 17.3 Å². The van der Waals surface area contributed by atoms with Crippen LogP contribution in [0.1, 0.15) is 25.6 Å². The van der Waals surface area contributed by atoms with E-state index in [1.807, 2.05) is 12.1 Å². The molecule has 0 bridgehead atoms. The highest BCUT2D eigenvalue weighted by Crippen LogP contribution is 2.26. The van der Waals surface area contributed by atoms with Gasteiger partial charge in [-0.1, -0.05) is 26.0 Å². The van der Waals surface area contributed by atoms with Gasteiger partial charge in [0.2, 0.25) is 0 Å². The van der Waals surface area contributed by atoms with Crippen LogP contribution in [-0.2, 0) is 0 Å². The van der Waals surface area contributed by atoms with Gasteiger partial charge in [-0.05, 0) is 23.8 Å².